The first-order chi connectivity index (χ1) is 14.6. The number of aromatic nitrogens is 2. The third-order valence-electron chi connectivity index (χ3n) is 5.34. The normalized spacial score (nSPS) is 11.7. The van der Waals surface area contributed by atoms with Crippen molar-refractivity contribution in [1.82, 2.24) is 10.2 Å². The summed E-state index contributed by atoms with van der Waals surface area (Å²) in [7, 11) is 0. The molecule has 1 aromatic heterocycles. The van der Waals surface area contributed by atoms with Crippen LogP contribution in [0, 0.1) is 0 Å². The van der Waals surface area contributed by atoms with Gasteiger partial charge >= 0.3 is 5.97 Å². The molecule has 6 heteroatoms. The molecule has 0 amide bonds. The van der Waals surface area contributed by atoms with Crippen LogP contribution in [0.25, 0.3) is 21.9 Å². The van der Waals surface area contributed by atoms with Crippen LogP contribution < -0.4 is 5.56 Å². The van der Waals surface area contributed by atoms with Crippen molar-refractivity contribution in [1.29, 1.82) is 0 Å². The fourth-order valence-corrected chi connectivity index (χ4v) is 3.85. The summed E-state index contributed by atoms with van der Waals surface area (Å²) in [5.41, 5.74) is 4.64. The van der Waals surface area contributed by atoms with E-state index in [0.717, 1.165) is 17.5 Å². The lowest BCUT2D eigenvalue weighted by molar-refractivity contribution is 0.0470. The maximum Gasteiger partial charge on any atom is 0.359 e. The van der Waals surface area contributed by atoms with Crippen molar-refractivity contribution in [2.24, 2.45) is 0 Å². The van der Waals surface area contributed by atoms with Gasteiger partial charge in [0.1, 0.15) is 0 Å². The zero-order chi connectivity index (χ0) is 20.7. The lowest BCUT2D eigenvalue weighted by Gasteiger charge is -2.07. The lowest BCUT2D eigenvalue weighted by Crippen LogP contribution is -2.19. The Morgan fingerprint density at radius 2 is 1.63 bits per heavy atom. The van der Waals surface area contributed by atoms with Crippen LogP contribution in [-0.4, -0.2) is 28.6 Å². The van der Waals surface area contributed by atoms with Gasteiger partial charge in [0.15, 0.2) is 18.1 Å². The van der Waals surface area contributed by atoms with E-state index in [0.29, 0.717) is 16.3 Å². The van der Waals surface area contributed by atoms with E-state index in [-0.39, 0.29) is 11.5 Å². The summed E-state index contributed by atoms with van der Waals surface area (Å²) in [6, 6.07) is 20.3. The van der Waals surface area contributed by atoms with Crippen molar-refractivity contribution in [2.75, 3.05) is 6.61 Å². The summed E-state index contributed by atoms with van der Waals surface area (Å²) in [4.78, 5) is 37.0. The first-order valence-corrected chi connectivity index (χ1v) is 9.51. The molecular formula is C24H16N2O4. The number of benzene rings is 3. The highest BCUT2D eigenvalue weighted by Gasteiger charge is 2.21. The zero-order valence-corrected chi connectivity index (χ0v) is 15.8. The van der Waals surface area contributed by atoms with Crippen LogP contribution in [0.1, 0.15) is 32.0 Å². The van der Waals surface area contributed by atoms with Gasteiger partial charge in [-0.3, -0.25) is 9.59 Å². The minimum atomic E-state index is -0.762. The largest absolute Gasteiger partial charge is 0.452 e. The predicted octanol–water partition coefficient (Wildman–Crippen LogP) is 3.53. The van der Waals surface area contributed by atoms with Gasteiger partial charge in [0.05, 0.1) is 5.39 Å². The highest BCUT2D eigenvalue weighted by atomic mass is 16.5. The number of nitrogens with one attached hydrogen (secondary N) is 1. The molecule has 0 spiro atoms. The highest BCUT2D eigenvalue weighted by Crippen LogP contribution is 2.36. The number of hydrogen-bond acceptors (Lipinski definition) is 5. The van der Waals surface area contributed by atoms with Gasteiger partial charge in [-0.15, -0.1) is 0 Å². The van der Waals surface area contributed by atoms with E-state index in [4.69, 9.17) is 4.74 Å². The maximum absolute atomic E-state index is 12.7. The first kappa shape index (κ1) is 18.0. The fourth-order valence-electron chi connectivity index (χ4n) is 3.85. The third kappa shape index (κ3) is 2.99. The van der Waals surface area contributed by atoms with Crippen LogP contribution in [0.15, 0.2) is 71.5 Å². The molecule has 0 aliphatic heterocycles. The molecule has 3 aromatic carbocycles. The number of hydrogen-bond donors (Lipinski definition) is 1. The van der Waals surface area contributed by atoms with Gasteiger partial charge in [-0.25, -0.2) is 9.89 Å². The SMILES string of the molecule is O=C(COC(=O)c1n[nH]c(=O)c2ccccc12)c1ccc2c(c1)-c1ccccc1C2. The molecule has 0 saturated carbocycles. The summed E-state index contributed by atoms with van der Waals surface area (Å²) in [5, 5.41) is 6.81. The molecule has 0 radical (unpaired) electrons. The van der Waals surface area contributed by atoms with Gasteiger partial charge < -0.3 is 4.74 Å². The van der Waals surface area contributed by atoms with Gasteiger partial charge in [-0.1, -0.05) is 54.6 Å². The zero-order valence-electron chi connectivity index (χ0n) is 15.8. The van der Waals surface area contributed by atoms with Crippen molar-refractivity contribution in [3.8, 4) is 11.1 Å². The number of ketones is 1. The van der Waals surface area contributed by atoms with Gasteiger partial charge in [0.2, 0.25) is 0 Å². The fraction of sp³-hybridized carbons (Fsp3) is 0.0833. The predicted molar refractivity (Wildman–Crippen MR) is 112 cm³/mol. The van der Waals surface area contributed by atoms with Gasteiger partial charge in [0.25, 0.3) is 5.56 Å². The van der Waals surface area contributed by atoms with Crippen LogP contribution in [0.5, 0.6) is 0 Å². The number of ether oxygens (including phenoxy) is 1. The minimum absolute atomic E-state index is 0.0270. The summed E-state index contributed by atoms with van der Waals surface area (Å²) < 4.78 is 5.21. The van der Waals surface area contributed by atoms with E-state index >= 15 is 0 Å². The smallest absolute Gasteiger partial charge is 0.359 e. The highest BCUT2D eigenvalue weighted by molar-refractivity contribution is 6.04. The second kappa shape index (κ2) is 7.08. The van der Waals surface area contributed by atoms with Crippen LogP contribution in [0.3, 0.4) is 0 Å². The summed E-state index contributed by atoms with van der Waals surface area (Å²) in [6.07, 6.45) is 0.847. The Morgan fingerprint density at radius 3 is 2.50 bits per heavy atom. The Labute approximate surface area is 171 Å². The number of Topliss-reactive ketones (excluding diaryl/α,β-unsaturated/α-hetero) is 1. The molecule has 0 unspecified atom stereocenters. The second-order valence-electron chi connectivity index (χ2n) is 7.15. The van der Waals surface area contributed by atoms with Crippen molar-refractivity contribution < 1.29 is 14.3 Å². The van der Waals surface area contributed by atoms with Crippen LogP contribution in [-0.2, 0) is 11.2 Å². The van der Waals surface area contributed by atoms with Crippen molar-refractivity contribution in [3.05, 3.63) is 99.5 Å². The average molecular weight is 396 g/mol. The first-order valence-electron chi connectivity index (χ1n) is 9.51. The van der Waals surface area contributed by atoms with E-state index in [1.165, 1.54) is 11.1 Å². The van der Waals surface area contributed by atoms with Crippen molar-refractivity contribution >= 4 is 22.5 Å². The Bertz CT molecular complexity index is 1390. The topological polar surface area (TPSA) is 89.1 Å². The quantitative estimate of drug-likeness (QED) is 0.371. The number of nitrogens with zero attached hydrogens (tertiary/aromatic N) is 1. The second-order valence-corrected chi connectivity index (χ2v) is 7.15. The van der Waals surface area contributed by atoms with Gasteiger partial charge in [0, 0.05) is 10.9 Å². The average Bonchev–Trinajstić information content (AvgIpc) is 3.15. The molecule has 1 aliphatic rings. The van der Waals surface area contributed by atoms with Crippen molar-refractivity contribution in [2.45, 2.75) is 6.42 Å². The summed E-state index contributed by atoms with van der Waals surface area (Å²) in [5.74, 6) is -1.06. The molecule has 0 saturated heterocycles. The molecule has 0 atom stereocenters. The lowest BCUT2D eigenvalue weighted by atomic mass is 10.0. The molecule has 0 fully saturated rings. The number of esters is 1. The van der Waals surface area contributed by atoms with Crippen LogP contribution >= 0.6 is 0 Å². The Balaban J connectivity index is 1.36. The number of rotatable bonds is 4. The summed E-state index contributed by atoms with van der Waals surface area (Å²) >= 11 is 0. The van der Waals surface area contributed by atoms with Crippen LogP contribution in [0.2, 0.25) is 0 Å². The Morgan fingerprint density at radius 1 is 0.900 bits per heavy atom. The molecule has 1 heterocycles. The monoisotopic (exact) mass is 396 g/mol. The van der Waals surface area contributed by atoms with E-state index in [9.17, 15) is 14.4 Å². The van der Waals surface area contributed by atoms with Gasteiger partial charge in [-0.05, 0) is 40.8 Å². The molecule has 146 valence electrons. The van der Waals surface area contributed by atoms with E-state index < -0.39 is 18.1 Å². The molecular weight excluding hydrogens is 380 g/mol. The standard InChI is InChI=1S/C24H16N2O4/c27-21(16-10-9-15-11-14-5-1-2-6-17(14)20(15)12-16)13-30-24(29)22-18-7-3-4-8-19(18)23(28)26-25-22/h1-10,12H,11,13H2,(H,26,28). The molecule has 4 aromatic rings. The molecule has 0 bridgehead atoms. The third-order valence-corrected chi connectivity index (χ3v) is 5.34. The maximum atomic E-state index is 12.7. The minimum Gasteiger partial charge on any atom is -0.452 e. The number of aromatic amines is 1. The van der Waals surface area contributed by atoms with E-state index in [1.807, 2.05) is 30.3 Å². The molecule has 6 nitrogen and oxygen atoms in total. The van der Waals surface area contributed by atoms with Crippen LogP contribution in [0.4, 0.5) is 0 Å². The van der Waals surface area contributed by atoms with Crippen molar-refractivity contribution in [3.63, 3.8) is 0 Å². The molecule has 5 rings (SSSR count). The molecule has 1 N–H and O–H groups in total. The number of H-pyrrole nitrogens is 1. The number of carbonyl (C=O) groups is 2. The number of carbonyl (C=O) groups excluding carboxylic acids is 2. The summed E-state index contributed by atoms with van der Waals surface area (Å²) in [6.45, 7) is -0.408. The number of fused-ring (bicyclic) bond motifs is 4. The van der Waals surface area contributed by atoms with Gasteiger partial charge in [-0.2, -0.15) is 5.10 Å². The molecule has 30 heavy (non-hydrogen) atoms. The Hall–Kier alpha value is -4.06. The Kier molecular flexibility index (Phi) is 4.25. The molecule has 1 aliphatic carbocycles. The van der Waals surface area contributed by atoms with E-state index in [2.05, 4.69) is 16.3 Å². The van der Waals surface area contributed by atoms with E-state index in [1.54, 1.807) is 30.3 Å².